The van der Waals surface area contributed by atoms with Gasteiger partial charge in [0.1, 0.15) is 23.5 Å². The normalized spacial score (nSPS) is 17.5. The quantitative estimate of drug-likeness (QED) is 0.0296. The second kappa shape index (κ2) is 26.3. The number of nitrogens with zero attached hydrogens (tertiary/aromatic N) is 5. The SMILES string of the molecule is Cc1cc([C@H](C(=O)N2C[C@H](O)C[C@H]2C(=O)N[C@@H](CC(=O)NCCCCCCCCCCNC(=O)c2ccc(C(=O)Nc3ccc4nc(CN5CCC[C@@H]5C)[nH]c4c3)cc2)c2ccc(-c3scnc3C)cc2)C(C)C)on1. The Hall–Kier alpha value is -6.76. The largest absolute Gasteiger partial charge is 0.391 e. The highest BCUT2D eigenvalue weighted by atomic mass is 32.1. The van der Waals surface area contributed by atoms with Gasteiger partial charge in [0.05, 0.1) is 57.9 Å². The monoisotopic (exact) mass is 1050 g/mol. The van der Waals surface area contributed by atoms with Crippen molar-refractivity contribution in [2.24, 2.45) is 5.92 Å². The van der Waals surface area contributed by atoms with E-state index in [1.54, 1.807) is 54.1 Å². The van der Waals surface area contributed by atoms with E-state index in [-0.39, 0.29) is 48.9 Å². The molecule has 2 aliphatic rings. The first-order valence-corrected chi connectivity index (χ1v) is 28.0. The van der Waals surface area contributed by atoms with Crippen molar-refractivity contribution in [2.45, 2.75) is 148 Å². The maximum absolute atomic E-state index is 14.1. The minimum atomic E-state index is -0.934. The van der Waals surface area contributed by atoms with Crippen LogP contribution < -0.4 is 21.3 Å². The van der Waals surface area contributed by atoms with E-state index in [0.717, 1.165) is 103 Å². The van der Waals surface area contributed by atoms with Gasteiger partial charge in [-0.25, -0.2) is 9.97 Å². The number of aryl methyl sites for hydroxylation is 2. The number of aliphatic hydroxyl groups is 1. The number of H-pyrrole nitrogens is 1. The minimum Gasteiger partial charge on any atom is -0.391 e. The molecular weight excluding hydrogens is 981 g/mol. The van der Waals surface area contributed by atoms with E-state index in [0.29, 0.717) is 47.4 Å². The van der Waals surface area contributed by atoms with Crippen molar-refractivity contribution in [2.75, 3.05) is 31.5 Å². The number of aliphatic hydroxyl groups excluding tert-OH is 1. The molecule has 8 rings (SSSR count). The summed E-state index contributed by atoms with van der Waals surface area (Å²) >= 11 is 1.55. The number of thiazole rings is 1. The van der Waals surface area contributed by atoms with E-state index in [2.05, 4.69) is 48.2 Å². The zero-order chi connectivity index (χ0) is 53.7. The van der Waals surface area contributed by atoms with Gasteiger partial charge >= 0.3 is 0 Å². The molecule has 5 atom stereocenters. The Balaban J connectivity index is 0.720. The Morgan fingerprint density at radius 3 is 2.17 bits per heavy atom. The maximum atomic E-state index is 14.1. The van der Waals surface area contributed by atoms with Gasteiger partial charge in [0.15, 0.2) is 0 Å². The number of hydrogen-bond donors (Lipinski definition) is 6. The second-order valence-corrected chi connectivity index (χ2v) is 21.8. The lowest BCUT2D eigenvalue weighted by Gasteiger charge is -2.30. The molecule has 6 N–H and O–H groups in total. The molecule has 18 heteroatoms. The molecule has 0 spiro atoms. The molecule has 0 saturated carbocycles. The van der Waals surface area contributed by atoms with E-state index in [4.69, 9.17) is 9.51 Å². The number of unbranched alkanes of at least 4 members (excludes halogenated alkanes) is 7. The Morgan fingerprint density at radius 1 is 0.855 bits per heavy atom. The van der Waals surface area contributed by atoms with E-state index in [9.17, 15) is 29.1 Å². The number of rotatable bonds is 25. The van der Waals surface area contributed by atoms with Gasteiger partial charge in [-0.15, -0.1) is 11.3 Å². The van der Waals surface area contributed by atoms with Gasteiger partial charge in [-0.05, 0) is 113 Å². The van der Waals surface area contributed by atoms with Crippen molar-refractivity contribution < 1.29 is 33.6 Å². The lowest BCUT2D eigenvalue weighted by atomic mass is 9.91. The fourth-order valence-corrected chi connectivity index (χ4v) is 11.2. The average molecular weight is 1060 g/mol. The van der Waals surface area contributed by atoms with Crippen LogP contribution in [-0.2, 0) is 20.9 Å². The van der Waals surface area contributed by atoms with Crippen molar-refractivity contribution in [3.63, 3.8) is 0 Å². The van der Waals surface area contributed by atoms with Crippen molar-refractivity contribution in [1.29, 1.82) is 0 Å². The minimum absolute atomic E-state index is 0.00345. The van der Waals surface area contributed by atoms with Crippen LogP contribution in [-0.4, -0.2) is 109 Å². The molecule has 76 heavy (non-hydrogen) atoms. The number of hydrogen-bond acceptors (Lipinski definition) is 12. The van der Waals surface area contributed by atoms with Crippen molar-refractivity contribution in [3.8, 4) is 10.4 Å². The smallest absolute Gasteiger partial charge is 0.255 e. The van der Waals surface area contributed by atoms with Crippen LogP contribution in [0, 0.1) is 19.8 Å². The summed E-state index contributed by atoms with van der Waals surface area (Å²) in [5.74, 6) is -0.864. The molecule has 3 aromatic heterocycles. The molecule has 0 unspecified atom stereocenters. The summed E-state index contributed by atoms with van der Waals surface area (Å²) in [6, 6.07) is 20.8. The topological polar surface area (TPSA) is 228 Å². The zero-order valence-corrected chi connectivity index (χ0v) is 45.3. The van der Waals surface area contributed by atoms with Crippen LogP contribution in [0.15, 0.2) is 82.8 Å². The third-order valence-electron chi connectivity index (χ3n) is 14.7. The highest BCUT2D eigenvalue weighted by Crippen LogP contribution is 2.33. The number of carbonyl (C=O) groups excluding carboxylic acids is 5. The van der Waals surface area contributed by atoms with E-state index < -0.39 is 30.0 Å². The summed E-state index contributed by atoms with van der Waals surface area (Å²) in [5.41, 5.74) is 8.48. The molecule has 5 amide bonds. The van der Waals surface area contributed by atoms with Gasteiger partial charge in [0, 0.05) is 55.0 Å². The Morgan fingerprint density at radius 2 is 1.54 bits per heavy atom. The third kappa shape index (κ3) is 14.6. The first-order chi connectivity index (χ1) is 36.7. The van der Waals surface area contributed by atoms with Gasteiger partial charge in [0.2, 0.25) is 17.7 Å². The fraction of sp³-hybridized carbons (Fsp3) is 0.483. The highest BCUT2D eigenvalue weighted by Gasteiger charge is 2.44. The van der Waals surface area contributed by atoms with Crippen LogP contribution >= 0.6 is 11.3 Å². The number of aromatic nitrogens is 4. The van der Waals surface area contributed by atoms with Crippen LogP contribution in [0.4, 0.5) is 5.69 Å². The van der Waals surface area contributed by atoms with Crippen molar-refractivity contribution >= 4 is 57.6 Å². The summed E-state index contributed by atoms with van der Waals surface area (Å²) < 4.78 is 5.50. The molecule has 3 aromatic carbocycles. The number of aromatic amines is 1. The lowest BCUT2D eigenvalue weighted by molar-refractivity contribution is -0.141. The first kappa shape index (κ1) is 55.5. The summed E-state index contributed by atoms with van der Waals surface area (Å²) in [5, 5.41) is 26.8. The molecule has 2 fully saturated rings. The number of imidazole rings is 1. The van der Waals surface area contributed by atoms with Crippen LogP contribution in [0.25, 0.3) is 21.5 Å². The van der Waals surface area contributed by atoms with Gasteiger partial charge in [-0.1, -0.05) is 81.8 Å². The number of benzene rings is 3. The Bertz CT molecular complexity index is 2910. The fourth-order valence-electron chi connectivity index (χ4n) is 10.4. The van der Waals surface area contributed by atoms with Crippen LogP contribution in [0.2, 0.25) is 0 Å². The van der Waals surface area contributed by atoms with Crippen LogP contribution in [0.1, 0.15) is 159 Å². The number of fused-ring (bicyclic) bond motifs is 1. The van der Waals surface area contributed by atoms with E-state index >= 15 is 0 Å². The van der Waals surface area contributed by atoms with Gasteiger partial charge in [0.25, 0.3) is 11.8 Å². The third-order valence-corrected chi connectivity index (χ3v) is 15.7. The highest BCUT2D eigenvalue weighted by molar-refractivity contribution is 7.13. The number of likely N-dealkylation sites (tertiary alicyclic amines) is 2. The Kier molecular flexibility index (Phi) is 19.2. The molecule has 404 valence electrons. The molecule has 5 heterocycles. The van der Waals surface area contributed by atoms with E-state index in [1.807, 2.05) is 63.2 Å². The van der Waals surface area contributed by atoms with Crippen molar-refractivity contribution in [3.05, 3.63) is 118 Å². The molecule has 0 radical (unpaired) electrons. The number of nitrogens with one attached hydrogen (secondary N) is 5. The summed E-state index contributed by atoms with van der Waals surface area (Å²) in [4.78, 5) is 85.1. The molecule has 6 aromatic rings. The number of β-amino-alcohol motifs (C(OH)–C–C–N with tert-alkyl or cyclic N) is 1. The molecule has 0 aliphatic carbocycles. The summed E-state index contributed by atoms with van der Waals surface area (Å²) in [6.07, 6.45) is 9.54. The predicted octanol–water partition coefficient (Wildman–Crippen LogP) is 9.14. The zero-order valence-electron chi connectivity index (χ0n) is 44.5. The van der Waals surface area contributed by atoms with E-state index in [1.165, 1.54) is 17.7 Å². The number of carbonyl (C=O) groups is 5. The van der Waals surface area contributed by atoms with Crippen LogP contribution in [0.3, 0.4) is 0 Å². The number of anilines is 1. The Labute approximate surface area is 449 Å². The lowest BCUT2D eigenvalue weighted by Crippen LogP contribution is -2.49. The van der Waals surface area contributed by atoms with Gasteiger partial charge in [-0.3, -0.25) is 28.9 Å². The van der Waals surface area contributed by atoms with Crippen LogP contribution in [0.5, 0.6) is 0 Å². The van der Waals surface area contributed by atoms with Gasteiger partial charge < -0.3 is 40.8 Å². The predicted molar refractivity (Wildman–Crippen MR) is 295 cm³/mol. The van der Waals surface area contributed by atoms with Gasteiger partial charge in [-0.2, -0.15) is 0 Å². The first-order valence-electron chi connectivity index (χ1n) is 27.1. The molecule has 17 nitrogen and oxygen atoms in total. The second-order valence-electron chi connectivity index (χ2n) is 21.0. The standard InChI is InChI=1S/C58H74N10O7S/c1-36(2)53(50-29-37(3)66-75-50)58(74)68-33-45(69)31-49(68)57(73)65-47(40-16-18-41(19-17-40)54-39(5)61-35-76-54)32-52(70)59-26-12-10-8-6-7-9-11-13-27-60-55(71)42-20-22-43(23-21-42)56(72)62-44-24-25-46-48(30-44)64-51(63-46)34-67-28-14-15-38(67)4/h16-25,29-30,35-36,38,45,47,49,53,69H,6-15,26-28,31-34H2,1-5H3,(H,59,70)(H,60,71)(H,62,72)(H,63,64)(H,65,73)/t38-,45+,47-,49-,53+/m0/s1. The number of amides is 5. The maximum Gasteiger partial charge on any atom is 0.255 e. The molecular formula is C58H74N10O7S. The summed E-state index contributed by atoms with van der Waals surface area (Å²) in [7, 11) is 0. The molecule has 2 saturated heterocycles. The summed E-state index contributed by atoms with van der Waals surface area (Å²) in [6.45, 7) is 12.8. The molecule has 0 bridgehead atoms. The average Bonchev–Trinajstić information content (AvgIpc) is 4.27. The van der Waals surface area contributed by atoms with Crippen molar-refractivity contribution in [1.82, 2.24) is 45.9 Å². The molecule has 2 aliphatic heterocycles.